The number of amides is 1. The van der Waals surface area contributed by atoms with Crippen LogP contribution in [0.3, 0.4) is 0 Å². The summed E-state index contributed by atoms with van der Waals surface area (Å²) in [6.07, 6.45) is 0. The van der Waals surface area contributed by atoms with E-state index in [9.17, 15) is 4.79 Å². The first-order valence-corrected chi connectivity index (χ1v) is 6.39. The Kier molecular flexibility index (Phi) is 4.15. The number of methoxy groups -OCH3 is 1. The summed E-state index contributed by atoms with van der Waals surface area (Å²) in [5, 5.41) is 3.30. The van der Waals surface area contributed by atoms with Crippen molar-refractivity contribution in [2.75, 3.05) is 18.2 Å². The second kappa shape index (κ2) is 5.84. The Morgan fingerprint density at radius 2 is 2.00 bits per heavy atom. The summed E-state index contributed by atoms with van der Waals surface area (Å²) in [4.78, 5) is 12.1. The topological polar surface area (TPSA) is 64.3 Å². The van der Waals surface area contributed by atoms with Gasteiger partial charge in [0.1, 0.15) is 5.75 Å². The number of nitrogens with two attached hydrogens (primary N) is 1. The molecule has 1 amide bonds. The number of hydrogen-bond donors (Lipinski definition) is 2. The van der Waals surface area contributed by atoms with Crippen molar-refractivity contribution in [3.63, 3.8) is 0 Å². The molecule has 0 aromatic heterocycles. The van der Waals surface area contributed by atoms with Crippen molar-refractivity contribution in [2.45, 2.75) is 6.92 Å². The molecule has 2 aromatic carbocycles. The number of carbonyl (C=O) groups is 1. The number of nitrogen functional groups attached to an aromatic ring is 1. The van der Waals surface area contributed by atoms with Crippen molar-refractivity contribution in [3.05, 3.63) is 52.5 Å². The third kappa shape index (κ3) is 3.22. The average Bonchev–Trinajstić information content (AvgIpc) is 2.37. The van der Waals surface area contributed by atoms with E-state index in [0.29, 0.717) is 27.7 Å². The Morgan fingerprint density at radius 1 is 1.25 bits per heavy atom. The van der Waals surface area contributed by atoms with Gasteiger partial charge in [0, 0.05) is 16.3 Å². The normalized spacial score (nSPS) is 10.2. The van der Waals surface area contributed by atoms with E-state index in [0.717, 1.165) is 5.56 Å². The standard InChI is InChI=1S/C15H15ClN2O2/c1-9-5-10(7-11(16)6-9)15(19)18-12-3-4-14(20-2)13(17)8-12/h3-8H,17H2,1-2H3,(H,18,19). The number of benzene rings is 2. The van der Waals surface area contributed by atoms with Gasteiger partial charge in [-0.05, 0) is 48.9 Å². The molecule has 3 N–H and O–H groups in total. The van der Waals surface area contributed by atoms with E-state index in [1.54, 1.807) is 43.5 Å². The molecule has 2 aromatic rings. The van der Waals surface area contributed by atoms with Crippen LogP contribution in [-0.2, 0) is 0 Å². The molecule has 0 radical (unpaired) electrons. The van der Waals surface area contributed by atoms with Crippen LogP contribution in [0.25, 0.3) is 0 Å². The maximum absolute atomic E-state index is 12.1. The van der Waals surface area contributed by atoms with E-state index < -0.39 is 0 Å². The average molecular weight is 291 g/mol. The summed E-state index contributed by atoms with van der Waals surface area (Å²) in [5.41, 5.74) is 8.30. The number of carbonyl (C=O) groups excluding carboxylic acids is 1. The van der Waals surface area contributed by atoms with Crippen LogP contribution >= 0.6 is 11.6 Å². The number of nitrogens with one attached hydrogen (secondary N) is 1. The minimum Gasteiger partial charge on any atom is -0.495 e. The van der Waals surface area contributed by atoms with Gasteiger partial charge in [0.2, 0.25) is 0 Å². The van der Waals surface area contributed by atoms with Crippen LogP contribution in [0.4, 0.5) is 11.4 Å². The molecule has 0 aliphatic rings. The van der Waals surface area contributed by atoms with Crippen molar-refractivity contribution in [1.82, 2.24) is 0 Å². The van der Waals surface area contributed by atoms with Gasteiger partial charge < -0.3 is 15.8 Å². The molecule has 20 heavy (non-hydrogen) atoms. The van der Waals surface area contributed by atoms with Crippen LogP contribution in [0, 0.1) is 6.92 Å². The summed E-state index contributed by atoms with van der Waals surface area (Å²) < 4.78 is 5.07. The number of ether oxygens (including phenoxy) is 1. The summed E-state index contributed by atoms with van der Waals surface area (Å²) in [6, 6.07) is 10.3. The summed E-state index contributed by atoms with van der Waals surface area (Å²) in [7, 11) is 1.54. The molecule has 0 aliphatic carbocycles. The van der Waals surface area contributed by atoms with E-state index in [1.165, 1.54) is 0 Å². The lowest BCUT2D eigenvalue weighted by Gasteiger charge is -2.09. The molecule has 0 spiro atoms. The van der Waals surface area contributed by atoms with Crippen molar-refractivity contribution in [1.29, 1.82) is 0 Å². The molecular formula is C15H15ClN2O2. The van der Waals surface area contributed by atoms with Crippen molar-refractivity contribution < 1.29 is 9.53 Å². The van der Waals surface area contributed by atoms with Crippen molar-refractivity contribution >= 4 is 28.9 Å². The largest absolute Gasteiger partial charge is 0.495 e. The molecule has 0 atom stereocenters. The quantitative estimate of drug-likeness (QED) is 0.851. The van der Waals surface area contributed by atoms with Gasteiger partial charge >= 0.3 is 0 Å². The molecule has 0 saturated carbocycles. The molecule has 0 fully saturated rings. The van der Waals surface area contributed by atoms with Crippen LogP contribution < -0.4 is 15.8 Å². The third-order valence-corrected chi connectivity index (χ3v) is 3.01. The molecule has 5 heteroatoms. The fraction of sp³-hybridized carbons (Fsp3) is 0.133. The van der Waals surface area contributed by atoms with Crippen LogP contribution in [0.5, 0.6) is 5.75 Å². The Labute approximate surface area is 122 Å². The Bertz CT molecular complexity index is 636. The van der Waals surface area contributed by atoms with Gasteiger partial charge in [-0.2, -0.15) is 0 Å². The van der Waals surface area contributed by atoms with Crippen LogP contribution in [-0.4, -0.2) is 13.0 Å². The third-order valence-electron chi connectivity index (χ3n) is 2.79. The first kappa shape index (κ1) is 14.2. The molecule has 0 unspecified atom stereocenters. The van der Waals surface area contributed by atoms with E-state index in [4.69, 9.17) is 22.1 Å². The minimum absolute atomic E-state index is 0.236. The predicted octanol–water partition coefficient (Wildman–Crippen LogP) is 3.49. The van der Waals surface area contributed by atoms with E-state index >= 15 is 0 Å². The van der Waals surface area contributed by atoms with Crippen molar-refractivity contribution in [2.24, 2.45) is 0 Å². The SMILES string of the molecule is COc1ccc(NC(=O)c2cc(C)cc(Cl)c2)cc1N. The lowest BCUT2D eigenvalue weighted by molar-refractivity contribution is 0.102. The molecule has 2 rings (SSSR count). The molecule has 104 valence electrons. The Hall–Kier alpha value is -2.20. The zero-order valence-corrected chi connectivity index (χ0v) is 12.0. The summed E-state index contributed by atoms with van der Waals surface area (Å²) in [5.74, 6) is 0.335. The number of rotatable bonds is 3. The molecule has 4 nitrogen and oxygen atoms in total. The van der Waals surface area contributed by atoms with E-state index in [2.05, 4.69) is 5.32 Å². The van der Waals surface area contributed by atoms with Gasteiger partial charge in [-0.1, -0.05) is 11.6 Å². The molecular weight excluding hydrogens is 276 g/mol. The van der Waals surface area contributed by atoms with Gasteiger partial charge in [0.15, 0.2) is 0 Å². The highest BCUT2D eigenvalue weighted by Gasteiger charge is 2.09. The highest BCUT2D eigenvalue weighted by Crippen LogP contribution is 2.25. The summed E-state index contributed by atoms with van der Waals surface area (Å²) >= 11 is 5.95. The Balaban J connectivity index is 2.21. The molecule has 0 bridgehead atoms. The van der Waals surface area contributed by atoms with Gasteiger partial charge in [0.05, 0.1) is 12.8 Å². The van der Waals surface area contributed by atoms with Gasteiger partial charge in [-0.3, -0.25) is 4.79 Å². The first-order chi connectivity index (χ1) is 9.49. The summed E-state index contributed by atoms with van der Waals surface area (Å²) in [6.45, 7) is 1.88. The van der Waals surface area contributed by atoms with Crippen LogP contribution in [0.15, 0.2) is 36.4 Å². The smallest absolute Gasteiger partial charge is 0.255 e. The zero-order valence-electron chi connectivity index (χ0n) is 11.2. The first-order valence-electron chi connectivity index (χ1n) is 6.01. The lowest BCUT2D eigenvalue weighted by atomic mass is 10.1. The predicted molar refractivity (Wildman–Crippen MR) is 81.5 cm³/mol. The number of anilines is 2. The molecule has 0 saturated heterocycles. The second-order valence-corrected chi connectivity index (χ2v) is 4.86. The lowest BCUT2D eigenvalue weighted by Crippen LogP contribution is -2.12. The van der Waals surface area contributed by atoms with Crippen LogP contribution in [0.2, 0.25) is 5.02 Å². The van der Waals surface area contributed by atoms with E-state index in [1.807, 2.05) is 6.92 Å². The molecule has 0 heterocycles. The number of hydrogen-bond acceptors (Lipinski definition) is 3. The second-order valence-electron chi connectivity index (χ2n) is 4.43. The van der Waals surface area contributed by atoms with Crippen molar-refractivity contribution in [3.8, 4) is 5.75 Å². The van der Waals surface area contributed by atoms with Gasteiger partial charge in [-0.15, -0.1) is 0 Å². The highest BCUT2D eigenvalue weighted by atomic mass is 35.5. The highest BCUT2D eigenvalue weighted by molar-refractivity contribution is 6.31. The fourth-order valence-electron chi connectivity index (χ4n) is 1.88. The Morgan fingerprint density at radius 3 is 2.60 bits per heavy atom. The van der Waals surface area contributed by atoms with Gasteiger partial charge in [-0.25, -0.2) is 0 Å². The molecule has 0 aliphatic heterocycles. The zero-order chi connectivity index (χ0) is 14.7. The van der Waals surface area contributed by atoms with Gasteiger partial charge in [0.25, 0.3) is 5.91 Å². The van der Waals surface area contributed by atoms with Crippen LogP contribution in [0.1, 0.15) is 15.9 Å². The number of halogens is 1. The maximum atomic E-state index is 12.1. The van der Waals surface area contributed by atoms with E-state index in [-0.39, 0.29) is 5.91 Å². The minimum atomic E-state index is -0.236. The maximum Gasteiger partial charge on any atom is 0.255 e. The number of aryl methyl sites for hydroxylation is 1. The fourth-order valence-corrected chi connectivity index (χ4v) is 2.17. The monoisotopic (exact) mass is 290 g/mol.